The fourth-order valence-corrected chi connectivity index (χ4v) is 2.34. The van der Waals surface area contributed by atoms with Crippen LogP contribution in [0.1, 0.15) is 16.8 Å². The quantitative estimate of drug-likeness (QED) is 0.697. The molecule has 0 saturated heterocycles. The van der Waals surface area contributed by atoms with Gasteiger partial charge < -0.3 is 14.6 Å². The van der Waals surface area contributed by atoms with E-state index in [9.17, 15) is 0 Å². The maximum Gasteiger partial charge on any atom is 0.170 e. The summed E-state index contributed by atoms with van der Waals surface area (Å²) in [4.78, 5) is 0. The number of fused-ring (bicyclic) bond motifs is 3. The first-order valence-corrected chi connectivity index (χ1v) is 6.15. The lowest BCUT2D eigenvalue weighted by atomic mass is 10.1. The third-order valence-corrected chi connectivity index (χ3v) is 3.27. The molecule has 0 atom stereocenters. The molecule has 3 rings (SSSR count). The second kappa shape index (κ2) is 4.92. The normalized spacial score (nSPS) is 12.5. The van der Waals surface area contributed by atoms with E-state index in [0.717, 1.165) is 31.0 Å². The highest BCUT2D eigenvalue weighted by atomic mass is 16.5. The van der Waals surface area contributed by atoms with Gasteiger partial charge in [-0.3, -0.25) is 0 Å². The Bertz CT molecular complexity index is 548. The van der Waals surface area contributed by atoms with Gasteiger partial charge in [0.15, 0.2) is 5.76 Å². The molecule has 1 aliphatic rings. The van der Waals surface area contributed by atoms with Gasteiger partial charge in [0.2, 0.25) is 0 Å². The van der Waals surface area contributed by atoms with Crippen molar-refractivity contribution in [1.29, 1.82) is 0 Å². The molecule has 4 nitrogen and oxygen atoms in total. The van der Waals surface area contributed by atoms with Crippen molar-refractivity contribution in [3.63, 3.8) is 0 Å². The topological polar surface area (TPSA) is 47.3 Å². The molecule has 1 N–H and O–H groups in total. The predicted molar refractivity (Wildman–Crippen MR) is 68.3 cm³/mol. The fourth-order valence-electron chi connectivity index (χ4n) is 2.34. The molecule has 1 heterocycles. The molecule has 94 valence electrons. The number of nitrogens with zero attached hydrogens (tertiary/aromatic N) is 1. The molecule has 4 heteroatoms. The van der Waals surface area contributed by atoms with Crippen LogP contribution >= 0.6 is 0 Å². The monoisotopic (exact) mass is 244 g/mol. The summed E-state index contributed by atoms with van der Waals surface area (Å²) < 4.78 is 10.5. The zero-order valence-corrected chi connectivity index (χ0v) is 10.4. The minimum atomic E-state index is 0.709. The number of aromatic nitrogens is 1. The minimum absolute atomic E-state index is 0.709. The summed E-state index contributed by atoms with van der Waals surface area (Å²) in [7, 11) is 1.70. The van der Waals surface area contributed by atoms with Gasteiger partial charge >= 0.3 is 0 Å². The first kappa shape index (κ1) is 11.4. The highest BCUT2D eigenvalue weighted by Crippen LogP contribution is 2.37. The Labute approximate surface area is 106 Å². The average molecular weight is 244 g/mol. The minimum Gasteiger partial charge on any atom is -0.383 e. The first-order chi connectivity index (χ1) is 8.90. The number of hydrogen-bond donors (Lipinski definition) is 1. The molecular formula is C14H16N2O2. The van der Waals surface area contributed by atoms with Crippen LogP contribution in [0, 0.1) is 0 Å². The Morgan fingerprint density at radius 2 is 2.28 bits per heavy atom. The second-order valence-electron chi connectivity index (χ2n) is 4.44. The third kappa shape index (κ3) is 1.94. The molecular weight excluding hydrogens is 228 g/mol. The van der Waals surface area contributed by atoms with Crippen molar-refractivity contribution in [3.05, 3.63) is 41.1 Å². The Morgan fingerprint density at radius 3 is 3.17 bits per heavy atom. The Kier molecular flexibility index (Phi) is 3.13. The number of rotatable bonds is 5. The Balaban J connectivity index is 1.75. The van der Waals surface area contributed by atoms with Gasteiger partial charge in [0.25, 0.3) is 0 Å². The highest BCUT2D eigenvalue weighted by Gasteiger charge is 2.25. The lowest BCUT2D eigenvalue weighted by Crippen LogP contribution is -2.19. The Hall–Kier alpha value is -1.65. The number of methoxy groups -OCH3 is 1. The maximum absolute atomic E-state index is 5.47. The molecule has 0 aliphatic heterocycles. The molecule has 18 heavy (non-hydrogen) atoms. The van der Waals surface area contributed by atoms with Crippen LogP contribution in [0.4, 0.5) is 0 Å². The van der Waals surface area contributed by atoms with Gasteiger partial charge in [-0.15, -0.1) is 0 Å². The summed E-state index contributed by atoms with van der Waals surface area (Å²) in [6, 6.07) is 8.34. The largest absolute Gasteiger partial charge is 0.383 e. The van der Waals surface area contributed by atoms with Crippen molar-refractivity contribution in [3.8, 4) is 11.3 Å². The van der Waals surface area contributed by atoms with E-state index in [-0.39, 0.29) is 0 Å². The van der Waals surface area contributed by atoms with Gasteiger partial charge in [-0.25, -0.2) is 0 Å². The second-order valence-corrected chi connectivity index (χ2v) is 4.44. The van der Waals surface area contributed by atoms with E-state index >= 15 is 0 Å². The zero-order valence-electron chi connectivity index (χ0n) is 10.4. The summed E-state index contributed by atoms with van der Waals surface area (Å²) in [5, 5.41) is 7.45. The van der Waals surface area contributed by atoms with Crippen molar-refractivity contribution in [2.75, 3.05) is 20.3 Å². The van der Waals surface area contributed by atoms with Crippen LogP contribution in [0.15, 0.2) is 28.8 Å². The van der Waals surface area contributed by atoms with Crippen molar-refractivity contribution in [1.82, 2.24) is 10.5 Å². The molecule has 0 radical (unpaired) electrons. The molecule has 0 unspecified atom stereocenters. The molecule has 0 saturated carbocycles. The molecule has 1 aromatic heterocycles. The highest BCUT2D eigenvalue weighted by molar-refractivity contribution is 5.72. The molecule has 0 amide bonds. The van der Waals surface area contributed by atoms with Crippen molar-refractivity contribution in [2.24, 2.45) is 0 Å². The van der Waals surface area contributed by atoms with E-state index in [1.54, 1.807) is 7.11 Å². The van der Waals surface area contributed by atoms with Crippen LogP contribution in [0.3, 0.4) is 0 Å². The molecule has 0 fully saturated rings. The van der Waals surface area contributed by atoms with Crippen LogP contribution in [0.25, 0.3) is 11.3 Å². The van der Waals surface area contributed by atoms with Gasteiger partial charge in [-0.1, -0.05) is 29.4 Å². The van der Waals surface area contributed by atoms with Gasteiger partial charge in [0, 0.05) is 37.7 Å². The average Bonchev–Trinajstić information content (AvgIpc) is 2.94. The summed E-state index contributed by atoms with van der Waals surface area (Å²) >= 11 is 0. The van der Waals surface area contributed by atoms with Crippen molar-refractivity contribution >= 4 is 0 Å². The van der Waals surface area contributed by atoms with E-state index in [1.165, 1.54) is 16.7 Å². The molecule has 1 aliphatic carbocycles. The van der Waals surface area contributed by atoms with E-state index in [1.807, 2.05) is 6.07 Å². The van der Waals surface area contributed by atoms with Gasteiger partial charge in [0.1, 0.15) is 5.69 Å². The number of nitrogens with one attached hydrogen (secondary N) is 1. The van der Waals surface area contributed by atoms with Gasteiger partial charge in [-0.05, 0) is 5.56 Å². The smallest absolute Gasteiger partial charge is 0.170 e. The van der Waals surface area contributed by atoms with Crippen LogP contribution in [0.2, 0.25) is 0 Å². The summed E-state index contributed by atoms with van der Waals surface area (Å²) in [5.41, 5.74) is 4.74. The standard InChI is InChI=1S/C14H16N2O2/c1-17-7-6-15-9-13-12-8-10-4-2-3-5-11(10)14(12)18-16-13/h2-5,15H,6-9H2,1H3. The van der Waals surface area contributed by atoms with E-state index < -0.39 is 0 Å². The van der Waals surface area contributed by atoms with E-state index in [2.05, 4.69) is 28.7 Å². The lowest BCUT2D eigenvalue weighted by molar-refractivity contribution is 0.199. The van der Waals surface area contributed by atoms with Crippen molar-refractivity contribution < 1.29 is 9.26 Å². The first-order valence-electron chi connectivity index (χ1n) is 6.15. The fraction of sp³-hybridized carbons (Fsp3) is 0.357. The van der Waals surface area contributed by atoms with E-state index in [4.69, 9.17) is 9.26 Å². The van der Waals surface area contributed by atoms with Gasteiger partial charge in [0.05, 0.1) is 6.61 Å². The van der Waals surface area contributed by atoms with Crippen molar-refractivity contribution in [2.45, 2.75) is 13.0 Å². The van der Waals surface area contributed by atoms with Crippen LogP contribution in [-0.4, -0.2) is 25.4 Å². The van der Waals surface area contributed by atoms with Gasteiger partial charge in [-0.2, -0.15) is 0 Å². The van der Waals surface area contributed by atoms with Crippen LogP contribution in [0.5, 0.6) is 0 Å². The number of hydrogen-bond acceptors (Lipinski definition) is 4. The lowest BCUT2D eigenvalue weighted by Gasteiger charge is -2.02. The molecule has 0 spiro atoms. The SMILES string of the molecule is COCCNCc1noc2c1Cc1ccccc1-2. The van der Waals surface area contributed by atoms with Crippen LogP contribution in [-0.2, 0) is 17.7 Å². The van der Waals surface area contributed by atoms with E-state index in [0.29, 0.717) is 6.61 Å². The van der Waals surface area contributed by atoms with Crippen LogP contribution < -0.4 is 5.32 Å². The zero-order chi connectivity index (χ0) is 12.4. The summed E-state index contributed by atoms with van der Waals surface area (Å²) in [6.45, 7) is 2.27. The molecule has 0 bridgehead atoms. The molecule has 1 aromatic carbocycles. The summed E-state index contributed by atoms with van der Waals surface area (Å²) in [5.74, 6) is 0.939. The predicted octanol–water partition coefficient (Wildman–Crippen LogP) is 1.98. The third-order valence-electron chi connectivity index (χ3n) is 3.27. The summed E-state index contributed by atoms with van der Waals surface area (Å²) in [6.07, 6.45) is 0.927. The molecule has 2 aromatic rings. The Morgan fingerprint density at radius 1 is 1.39 bits per heavy atom. The maximum atomic E-state index is 5.47. The number of ether oxygens (including phenoxy) is 1. The number of benzene rings is 1.